The molecule has 1 rings (SSSR count). The summed E-state index contributed by atoms with van der Waals surface area (Å²) >= 11 is 0. The molecule has 5 heteroatoms. The van der Waals surface area contributed by atoms with Crippen LogP contribution in [0.3, 0.4) is 0 Å². The quantitative estimate of drug-likeness (QED) is 0.707. The molecule has 1 aromatic rings. The van der Waals surface area contributed by atoms with Gasteiger partial charge in [0.15, 0.2) is 5.82 Å². The molecular weight excluding hydrogens is 180 g/mol. The highest BCUT2D eigenvalue weighted by Gasteiger charge is 2.05. The molecule has 0 saturated heterocycles. The number of aryl methyl sites for hydroxylation is 1. The van der Waals surface area contributed by atoms with Crippen LogP contribution >= 0.6 is 0 Å². The molecule has 0 saturated carbocycles. The van der Waals surface area contributed by atoms with Gasteiger partial charge in [0, 0.05) is 25.5 Å². The summed E-state index contributed by atoms with van der Waals surface area (Å²) < 4.78 is 1.49. The Labute approximate surface area is 83.0 Å². The van der Waals surface area contributed by atoms with Crippen LogP contribution in [0.2, 0.25) is 0 Å². The monoisotopic (exact) mass is 196 g/mol. The van der Waals surface area contributed by atoms with Crippen molar-refractivity contribution in [2.45, 2.75) is 19.4 Å². The Morgan fingerprint density at radius 2 is 2.43 bits per heavy atom. The summed E-state index contributed by atoms with van der Waals surface area (Å²) in [6.45, 7) is 2.57. The topological polar surface area (TPSA) is 72.9 Å². The van der Waals surface area contributed by atoms with Crippen LogP contribution in [0.1, 0.15) is 13.3 Å². The Morgan fingerprint density at radius 1 is 1.71 bits per heavy atom. The highest BCUT2D eigenvalue weighted by molar-refractivity contribution is 5.31. The molecule has 0 bridgehead atoms. The van der Waals surface area contributed by atoms with Crippen LogP contribution in [0.5, 0.6) is 0 Å². The van der Waals surface area contributed by atoms with E-state index in [1.54, 1.807) is 19.4 Å². The van der Waals surface area contributed by atoms with Crippen molar-refractivity contribution in [2.75, 3.05) is 11.9 Å². The predicted molar refractivity (Wildman–Crippen MR) is 56.2 cm³/mol. The standard InChI is InChI=1S/C9H16N4O/c1-7(3-4-10)12-8-9(14)13(2)6-5-11-8/h5-7H,3-4,10H2,1-2H3,(H,11,12). The first-order chi connectivity index (χ1) is 6.65. The minimum Gasteiger partial charge on any atom is -0.363 e. The summed E-state index contributed by atoms with van der Waals surface area (Å²) in [5, 5.41) is 3.03. The number of aromatic nitrogens is 2. The van der Waals surface area contributed by atoms with Gasteiger partial charge in [0.25, 0.3) is 5.56 Å². The van der Waals surface area contributed by atoms with E-state index in [9.17, 15) is 4.79 Å². The fourth-order valence-electron chi connectivity index (χ4n) is 1.15. The second kappa shape index (κ2) is 4.76. The molecule has 0 aliphatic heterocycles. The molecule has 1 heterocycles. The number of rotatable bonds is 4. The second-order valence-electron chi connectivity index (χ2n) is 3.31. The molecule has 0 radical (unpaired) electrons. The average molecular weight is 196 g/mol. The van der Waals surface area contributed by atoms with Gasteiger partial charge in [-0.25, -0.2) is 4.98 Å². The second-order valence-corrected chi connectivity index (χ2v) is 3.31. The average Bonchev–Trinajstić information content (AvgIpc) is 2.13. The van der Waals surface area contributed by atoms with Crippen LogP contribution in [0, 0.1) is 0 Å². The minimum atomic E-state index is -0.114. The lowest BCUT2D eigenvalue weighted by Crippen LogP contribution is -2.27. The van der Waals surface area contributed by atoms with Crippen LogP contribution in [0.4, 0.5) is 5.82 Å². The normalized spacial score (nSPS) is 12.5. The Morgan fingerprint density at radius 3 is 3.07 bits per heavy atom. The van der Waals surface area contributed by atoms with E-state index in [0.717, 1.165) is 6.42 Å². The van der Waals surface area contributed by atoms with E-state index in [-0.39, 0.29) is 11.6 Å². The molecule has 0 amide bonds. The fourth-order valence-corrected chi connectivity index (χ4v) is 1.15. The maximum absolute atomic E-state index is 11.5. The number of hydrogen-bond acceptors (Lipinski definition) is 4. The van der Waals surface area contributed by atoms with Gasteiger partial charge in [0.05, 0.1) is 0 Å². The van der Waals surface area contributed by atoms with Crippen LogP contribution in [-0.2, 0) is 7.05 Å². The molecule has 5 nitrogen and oxygen atoms in total. The molecule has 0 aromatic carbocycles. The molecule has 0 aliphatic rings. The van der Waals surface area contributed by atoms with Gasteiger partial charge in [-0.1, -0.05) is 0 Å². The number of anilines is 1. The highest BCUT2D eigenvalue weighted by Crippen LogP contribution is 1.98. The molecule has 0 spiro atoms. The van der Waals surface area contributed by atoms with E-state index >= 15 is 0 Å². The summed E-state index contributed by atoms with van der Waals surface area (Å²) in [5.74, 6) is 0.385. The smallest absolute Gasteiger partial charge is 0.293 e. The Hall–Kier alpha value is -1.36. The van der Waals surface area contributed by atoms with Gasteiger partial charge in [-0.05, 0) is 19.9 Å². The number of nitrogens with two attached hydrogens (primary N) is 1. The van der Waals surface area contributed by atoms with Gasteiger partial charge >= 0.3 is 0 Å². The molecule has 0 fully saturated rings. The molecule has 14 heavy (non-hydrogen) atoms. The first kappa shape index (κ1) is 10.7. The third kappa shape index (κ3) is 2.56. The summed E-state index contributed by atoms with van der Waals surface area (Å²) in [5.41, 5.74) is 5.29. The Bertz CT molecular complexity index is 347. The lowest BCUT2D eigenvalue weighted by Gasteiger charge is -2.12. The van der Waals surface area contributed by atoms with E-state index in [4.69, 9.17) is 5.73 Å². The zero-order valence-corrected chi connectivity index (χ0v) is 8.53. The number of nitrogens with one attached hydrogen (secondary N) is 1. The van der Waals surface area contributed by atoms with Crippen molar-refractivity contribution in [3.05, 3.63) is 22.7 Å². The predicted octanol–water partition coefficient (Wildman–Crippen LogP) is -0.0705. The first-order valence-corrected chi connectivity index (χ1v) is 4.63. The molecule has 0 aliphatic carbocycles. The maximum Gasteiger partial charge on any atom is 0.293 e. The van der Waals surface area contributed by atoms with E-state index in [2.05, 4.69) is 10.3 Å². The molecule has 1 atom stereocenters. The lowest BCUT2D eigenvalue weighted by molar-refractivity contribution is 0.707. The zero-order chi connectivity index (χ0) is 10.6. The van der Waals surface area contributed by atoms with E-state index < -0.39 is 0 Å². The SMILES string of the molecule is CC(CCN)Nc1nccn(C)c1=O. The zero-order valence-electron chi connectivity index (χ0n) is 8.53. The van der Waals surface area contributed by atoms with Crippen molar-refractivity contribution in [2.24, 2.45) is 12.8 Å². The van der Waals surface area contributed by atoms with Crippen molar-refractivity contribution in [1.82, 2.24) is 9.55 Å². The van der Waals surface area contributed by atoms with Crippen molar-refractivity contribution in [1.29, 1.82) is 0 Å². The lowest BCUT2D eigenvalue weighted by atomic mass is 10.2. The Kier molecular flexibility index (Phi) is 3.64. The van der Waals surface area contributed by atoms with Gasteiger partial charge in [0.1, 0.15) is 0 Å². The summed E-state index contributed by atoms with van der Waals surface area (Å²) in [6.07, 6.45) is 4.04. The van der Waals surface area contributed by atoms with Gasteiger partial charge < -0.3 is 15.6 Å². The summed E-state index contributed by atoms with van der Waals surface area (Å²) in [6, 6.07) is 0.169. The third-order valence-corrected chi connectivity index (χ3v) is 2.00. The summed E-state index contributed by atoms with van der Waals surface area (Å²) in [4.78, 5) is 15.5. The highest BCUT2D eigenvalue weighted by atomic mass is 16.1. The molecular formula is C9H16N4O. The van der Waals surface area contributed by atoms with Gasteiger partial charge in [-0.2, -0.15) is 0 Å². The van der Waals surface area contributed by atoms with Crippen molar-refractivity contribution in [3.8, 4) is 0 Å². The van der Waals surface area contributed by atoms with Gasteiger partial charge in [-0.15, -0.1) is 0 Å². The molecule has 1 unspecified atom stereocenters. The van der Waals surface area contributed by atoms with Crippen LogP contribution < -0.4 is 16.6 Å². The summed E-state index contributed by atoms with van der Waals surface area (Å²) in [7, 11) is 1.70. The number of nitrogens with zero attached hydrogens (tertiary/aromatic N) is 2. The van der Waals surface area contributed by atoms with Crippen molar-refractivity contribution < 1.29 is 0 Å². The Balaban J connectivity index is 2.77. The van der Waals surface area contributed by atoms with Crippen molar-refractivity contribution in [3.63, 3.8) is 0 Å². The van der Waals surface area contributed by atoms with Crippen LogP contribution in [0.25, 0.3) is 0 Å². The minimum absolute atomic E-state index is 0.114. The third-order valence-electron chi connectivity index (χ3n) is 2.00. The van der Waals surface area contributed by atoms with E-state index in [0.29, 0.717) is 12.4 Å². The largest absolute Gasteiger partial charge is 0.363 e. The molecule has 78 valence electrons. The number of hydrogen-bond donors (Lipinski definition) is 2. The van der Waals surface area contributed by atoms with Gasteiger partial charge in [-0.3, -0.25) is 4.79 Å². The van der Waals surface area contributed by atoms with Crippen LogP contribution in [0.15, 0.2) is 17.2 Å². The van der Waals surface area contributed by atoms with E-state index in [1.165, 1.54) is 4.57 Å². The van der Waals surface area contributed by atoms with Crippen LogP contribution in [-0.4, -0.2) is 22.1 Å². The van der Waals surface area contributed by atoms with Crippen molar-refractivity contribution >= 4 is 5.82 Å². The van der Waals surface area contributed by atoms with E-state index in [1.807, 2.05) is 6.92 Å². The first-order valence-electron chi connectivity index (χ1n) is 4.63. The maximum atomic E-state index is 11.5. The fraction of sp³-hybridized carbons (Fsp3) is 0.556. The van der Waals surface area contributed by atoms with Gasteiger partial charge in [0.2, 0.25) is 0 Å². The molecule has 3 N–H and O–H groups in total. The molecule has 1 aromatic heterocycles.